The molecule has 0 heteroatoms. The van der Waals surface area contributed by atoms with Gasteiger partial charge in [0.15, 0.2) is 0 Å². The molecular formula is C50H32. The molecule has 10 rings (SSSR count). The minimum absolute atomic E-state index is 1.22. The summed E-state index contributed by atoms with van der Waals surface area (Å²) in [5, 5.41) is 12.7. The fourth-order valence-corrected chi connectivity index (χ4v) is 8.14. The molecule has 0 saturated carbocycles. The van der Waals surface area contributed by atoms with E-state index >= 15 is 0 Å². The van der Waals surface area contributed by atoms with Crippen LogP contribution in [0, 0.1) is 0 Å². The predicted octanol–water partition coefficient (Wildman–Crippen LogP) is 14.1. The normalized spacial score (nSPS) is 11.6. The number of fused-ring (bicyclic) bond motifs is 6. The van der Waals surface area contributed by atoms with Crippen molar-refractivity contribution in [2.45, 2.75) is 0 Å². The molecule has 0 spiro atoms. The van der Waals surface area contributed by atoms with Crippen molar-refractivity contribution in [2.75, 3.05) is 0 Å². The number of hydrogen-bond acceptors (Lipinski definition) is 0. The summed E-state index contributed by atoms with van der Waals surface area (Å²) in [5.41, 5.74) is 9.97. The summed E-state index contributed by atoms with van der Waals surface area (Å²) in [7, 11) is 0. The van der Waals surface area contributed by atoms with Crippen molar-refractivity contribution in [3.8, 4) is 44.5 Å². The van der Waals surface area contributed by atoms with E-state index in [0.717, 1.165) is 0 Å². The molecule has 0 aliphatic carbocycles. The molecule has 0 bridgehead atoms. The third-order valence-corrected chi connectivity index (χ3v) is 10.4. The number of rotatable bonds is 4. The predicted molar refractivity (Wildman–Crippen MR) is 216 cm³/mol. The summed E-state index contributed by atoms with van der Waals surface area (Å²) in [6.45, 7) is 0. The van der Waals surface area contributed by atoms with Crippen LogP contribution in [0.1, 0.15) is 0 Å². The SMILES string of the molecule is c1ccc(-c2ccc3c(-c4cc5ccccc5c5ccccc45)c4ccccc4c(-c4ccc(-c5cccc6ccccc56)cc4)c3c2)cc1. The maximum atomic E-state index is 2.41. The van der Waals surface area contributed by atoms with Gasteiger partial charge in [0.1, 0.15) is 0 Å². The smallest absolute Gasteiger partial charge is 0.00199 e. The molecule has 0 atom stereocenters. The molecule has 50 heavy (non-hydrogen) atoms. The summed E-state index contributed by atoms with van der Waals surface area (Å²) in [5.74, 6) is 0. The zero-order valence-electron chi connectivity index (χ0n) is 27.5. The summed E-state index contributed by atoms with van der Waals surface area (Å²) in [4.78, 5) is 0. The molecule has 232 valence electrons. The Bertz CT molecular complexity index is 2890. The van der Waals surface area contributed by atoms with Gasteiger partial charge in [-0.05, 0) is 111 Å². The fraction of sp³-hybridized carbons (Fsp3) is 0. The molecule has 0 radical (unpaired) electrons. The molecule has 0 saturated heterocycles. The Morgan fingerprint density at radius 3 is 1.52 bits per heavy atom. The first-order valence-electron chi connectivity index (χ1n) is 17.4. The Balaban J connectivity index is 1.29. The second-order valence-corrected chi connectivity index (χ2v) is 13.2. The van der Waals surface area contributed by atoms with Crippen molar-refractivity contribution >= 4 is 53.9 Å². The van der Waals surface area contributed by atoms with Gasteiger partial charge >= 0.3 is 0 Å². The molecular weight excluding hydrogens is 601 g/mol. The molecule has 0 aromatic heterocycles. The minimum Gasteiger partial charge on any atom is -0.0622 e. The monoisotopic (exact) mass is 632 g/mol. The molecule has 0 nitrogen and oxygen atoms in total. The summed E-state index contributed by atoms with van der Waals surface area (Å²) < 4.78 is 0. The van der Waals surface area contributed by atoms with E-state index in [9.17, 15) is 0 Å². The third-order valence-electron chi connectivity index (χ3n) is 10.4. The average molecular weight is 633 g/mol. The van der Waals surface area contributed by atoms with Crippen LogP contribution >= 0.6 is 0 Å². The van der Waals surface area contributed by atoms with Crippen molar-refractivity contribution in [1.29, 1.82) is 0 Å². The van der Waals surface area contributed by atoms with Crippen molar-refractivity contribution in [3.05, 3.63) is 194 Å². The molecule has 10 aromatic rings. The molecule has 0 aliphatic rings. The molecule has 0 amide bonds. The highest BCUT2D eigenvalue weighted by molar-refractivity contribution is 6.26. The van der Waals surface area contributed by atoms with E-state index in [1.807, 2.05) is 0 Å². The van der Waals surface area contributed by atoms with Crippen LogP contribution in [0.25, 0.3) is 98.4 Å². The summed E-state index contributed by atoms with van der Waals surface area (Å²) in [6.07, 6.45) is 0. The molecule has 0 N–H and O–H groups in total. The van der Waals surface area contributed by atoms with E-state index in [1.165, 1.54) is 98.4 Å². The summed E-state index contributed by atoms with van der Waals surface area (Å²) >= 11 is 0. The number of benzene rings is 10. The third kappa shape index (κ3) is 4.54. The first-order chi connectivity index (χ1) is 24.8. The van der Waals surface area contributed by atoms with Gasteiger partial charge in [0.2, 0.25) is 0 Å². The van der Waals surface area contributed by atoms with Crippen LogP contribution in [0.3, 0.4) is 0 Å². The minimum atomic E-state index is 1.22. The van der Waals surface area contributed by atoms with E-state index in [-0.39, 0.29) is 0 Å². The average Bonchev–Trinajstić information content (AvgIpc) is 3.20. The first-order valence-corrected chi connectivity index (χ1v) is 17.4. The van der Waals surface area contributed by atoms with Gasteiger partial charge in [-0.25, -0.2) is 0 Å². The van der Waals surface area contributed by atoms with Gasteiger partial charge in [-0.15, -0.1) is 0 Å². The quantitative estimate of drug-likeness (QED) is 0.134. The molecule has 0 unspecified atom stereocenters. The van der Waals surface area contributed by atoms with Gasteiger partial charge < -0.3 is 0 Å². The molecule has 10 aromatic carbocycles. The van der Waals surface area contributed by atoms with Crippen molar-refractivity contribution < 1.29 is 0 Å². The largest absolute Gasteiger partial charge is 0.0622 e. The van der Waals surface area contributed by atoms with Gasteiger partial charge in [0.05, 0.1) is 0 Å². The van der Waals surface area contributed by atoms with Crippen LogP contribution in [0.5, 0.6) is 0 Å². The number of hydrogen-bond donors (Lipinski definition) is 0. The molecule has 0 aliphatic heterocycles. The second-order valence-electron chi connectivity index (χ2n) is 13.2. The highest BCUT2D eigenvalue weighted by Crippen LogP contribution is 2.47. The van der Waals surface area contributed by atoms with Crippen molar-refractivity contribution in [3.63, 3.8) is 0 Å². The lowest BCUT2D eigenvalue weighted by Gasteiger charge is -2.20. The van der Waals surface area contributed by atoms with Crippen LogP contribution < -0.4 is 0 Å². The lowest BCUT2D eigenvalue weighted by molar-refractivity contribution is 1.62. The molecule has 0 heterocycles. The lowest BCUT2D eigenvalue weighted by atomic mass is 9.83. The Labute approximate surface area is 291 Å². The second kappa shape index (κ2) is 11.6. The van der Waals surface area contributed by atoms with E-state index < -0.39 is 0 Å². The van der Waals surface area contributed by atoms with Crippen molar-refractivity contribution in [2.24, 2.45) is 0 Å². The van der Waals surface area contributed by atoms with Crippen molar-refractivity contribution in [1.82, 2.24) is 0 Å². The van der Waals surface area contributed by atoms with Gasteiger partial charge in [-0.2, -0.15) is 0 Å². The maximum Gasteiger partial charge on any atom is -0.00199 e. The lowest BCUT2D eigenvalue weighted by Crippen LogP contribution is -1.93. The molecule has 0 fully saturated rings. The highest BCUT2D eigenvalue weighted by atomic mass is 14.2. The highest BCUT2D eigenvalue weighted by Gasteiger charge is 2.20. The topological polar surface area (TPSA) is 0 Å². The maximum absolute atomic E-state index is 2.41. The van der Waals surface area contributed by atoms with E-state index in [2.05, 4.69) is 194 Å². The first kappa shape index (κ1) is 28.5. The van der Waals surface area contributed by atoms with Gasteiger partial charge in [-0.1, -0.05) is 182 Å². The Morgan fingerprint density at radius 1 is 0.200 bits per heavy atom. The van der Waals surface area contributed by atoms with E-state index in [1.54, 1.807) is 0 Å². The zero-order chi connectivity index (χ0) is 33.0. The van der Waals surface area contributed by atoms with Crippen LogP contribution in [0.2, 0.25) is 0 Å². The Morgan fingerprint density at radius 2 is 0.740 bits per heavy atom. The van der Waals surface area contributed by atoms with Gasteiger partial charge in [0, 0.05) is 0 Å². The Kier molecular flexibility index (Phi) is 6.60. The van der Waals surface area contributed by atoms with Crippen LogP contribution in [0.4, 0.5) is 0 Å². The van der Waals surface area contributed by atoms with Gasteiger partial charge in [0.25, 0.3) is 0 Å². The standard InChI is InChI=1S/C50H32/c1-2-13-33(14-3-1)37-29-30-46-48(31-37)49(36-27-25-35(26-28-36)40-24-12-17-34-15-4-6-18-39(34)40)44-22-10-11-23-45(44)50(46)47-32-38-16-5-7-19-41(38)42-20-8-9-21-43(42)47/h1-32H. The van der Waals surface area contributed by atoms with E-state index in [0.29, 0.717) is 0 Å². The zero-order valence-corrected chi connectivity index (χ0v) is 27.5. The van der Waals surface area contributed by atoms with Gasteiger partial charge in [-0.3, -0.25) is 0 Å². The van der Waals surface area contributed by atoms with Crippen LogP contribution in [0.15, 0.2) is 194 Å². The Hall–Kier alpha value is -6.50. The van der Waals surface area contributed by atoms with Crippen LogP contribution in [-0.4, -0.2) is 0 Å². The van der Waals surface area contributed by atoms with Crippen LogP contribution in [-0.2, 0) is 0 Å². The van der Waals surface area contributed by atoms with E-state index in [4.69, 9.17) is 0 Å². The summed E-state index contributed by atoms with van der Waals surface area (Å²) in [6, 6.07) is 71.4. The fourth-order valence-electron chi connectivity index (χ4n) is 8.14.